The largest absolute Gasteiger partial charge is 0.507 e. The molecule has 0 spiro atoms. The lowest BCUT2D eigenvalue weighted by atomic mass is 9.94. The summed E-state index contributed by atoms with van der Waals surface area (Å²) in [7, 11) is 1.56. The first kappa shape index (κ1) is 30.2. The molecule has 0 aliphatic carbocycles. The first-order valence-corrected chi connectivity index (χ1v) is 14.5. The van der Waals surface area contributed by atoms with E-state index in [-0.39, 0.29) is 11.3 Å². The van der Waals surface area contributed by atoms with E-state index in [0.29, 0.717) is 72.8 Å². The topological polar surface area (TPSA) is 97.8 Å². The van der Waals surface area contributed by atoms with Crippen LogP contribution in [0.5, 0.6) is 23.0 Å². The van der Waals surface area contributed by atoms with Crippen LogP contribution >= 0.6 is 0 Å². The zero-order valence-electron chi connectivity index (χ0n) is 24.8. The highest BCUT2D eigenvalue weighted by molar-refractivity contribution is 6.46. The number of methoxy groups -OCH3 is 1. The van der Waals surface area contributed by atoms with Crippen LogP contribution in [-0.4, -0.2) is 79.7 Å². The highest BCUT2D eigenvalue weighted by atomic mass is 16.6. The van der Waals surface area contributed by atoms with E-state index in [1.165, 1.54) is 0 Å². The Morgan fingerprint density at radius 1 is 1.05 bits per heavy atom. The first-order valence-electron chi connectivity index (χ1n) is 14.5. The number of ketones is 1. The van der Waals surface area contributed by atoms with Gasteiger partial charge in [-0.2, -0.15) is 0 Å². The molecule has 0 radical (unpaired) electrons. The third-order valence-electron chi connectivity index (χ3n) is 7.58. The molecule has 1 fully saturated rings. The second-order valence-corrected chi connectivity index (χ2v) is 10.7. The van der Waals surface area contributed by atoms with E-state index in [9.17, 15) is 14.7 Å². The van der Waals surface area contributed by atoms with E-state index < -0.39 is 17.7 Å². The van der Waals surface area contributed by atoms with Crippen LogP contribution in [0, 0.1) is 5.92 Å². The van der Waals surface area contributed by atoms with Crippen molar-refractivity contribution in [2.75, 3.05) is 53.1 Å². The number of Topliss-reactive ketones (excluding diaryl/α,β-unsaturated/α-hetero) is 1. The Kier molecular flexibility index (Phi) is 10.2. The Balaban J connectivity index is 1.74. The number of hydrogen-bond donors (Lipinski definition) is 1. The van der Waals surface area contributed by atoms with Crippen molar-refractivity contribution in [2.45, 2.75) is 46.6 Å². The highest BCUT2D eigenvalue weighted by Gasteiger charge is 2.46. The van der Waals surface area contributed by atoms with E-state index in [4.69, 9.17) is 18.9 Å². The summed E-state index contributed by atoms with van der Waals surface area (Å²) in [6.45, 7) is 12.8. The lowest BCUT2D eigenvalue weighted by molar-refractivity contribution is -0.140. The van der Waals surface area contributed by atoms with E-state index in [1.807, 2.05) is 6.07 Å². The lowest BCUT2D eigenvalue weighted by Gasteiger charge is -2.27. The fraction of sp³-hybridized carbons (Fsp3) is 0.500. The number of aliphatic hydroxyl groups excluding tert-OH is 1. The van der Waals surface area contributed by atoms with Gasteiger partial charge in [-0.1, -0.05) is 33.8 Å². The quantitative estimate of drug-likeness (QED) is 0.205. The van der Waals surface area contributed by atoms with Crippen LogP contribution in [0.25, 0.3) is 5.76 Å². The molecule has 0 aromatic heterocycles. The summed E-state index contributed by atoms with van der Waals surface area (Å²) in [5.41, 5.74) is 1.06. The summed E-state index contributed by atoms with van der Waals surface area (Å²) in [6, 6.07) is 9.63. The molecule has 1 saturated heterocycles. The van der Waals surface area contributed by atoms with Crippen molar-refractivity contribution in [3.05, 3.63) is 53.1 Å². The van der Waals surface area contributed by atoms with Crippen LogP contribution in [0.1, 0.15) is 57.7 Å². The molecule has 2 heterocycles. The molecule has 2 aromatic carbocycles. The minimum atomic E-state index is -0.793. The summed E-state index contributed by atoms with van der Waals surface area (Å²) in [5, 5.41) is 11.5. The summed E-state index contributed by atoms with van der Waals surface area (Å²) in [4.78, 5) is 30.8. The highest BCUT2D eigenvalue weighted by Crippen LogP contribution is 2.43. The van der Waals surface area contributed by atoms with Crippen molar-refractivity contribution in [1.29, 1.82) is 0 Å². The Labute approximate surface area is 242 Å². The lowest BCUT2D eigenvalue weighted by Crippen LogP contribution is -2.33. The maximum atomic E-state index is 13.5. The maximum Gasteiger partial charge on any atom is 0.295 e. The summed E-state index contributed by atoms with van der Waals surface area (Å²) < 4.78 is 22.9. The molecule has 0 unspecified atom stereocenters. The zero-order chi connectivity index (χ0) is 29.5. The number of nitrogens with zero attached hydrogens (tertiary/aromatic N) is 2. The Morgan fingerprint density at radius 3 is 2.46 bits per heavy atom. The van der Waals surface area contributed by atoms with Gasteiger partial charge in [-0.25, -0.2) is 0 Å². The fourth-order valence-corrected chi connectivity index (χ4v) is 5.19. The SMILES string of the molecule is CCN(CC)CCCN1C(=O)C(=O)C(=C(O)c2ccc3c(c2)OCCO3)[C@H]1c1ccc(OCCC(C)C)c(OC)c1. The molecule has 2 aliphatic rings. The number of carbonyl (C=O) groups excluding carboxylic acids is 2. The van der Waals surface area contributed by atoms with E-state index in [0.717, 1.165) is 26.1 Å². The van der Waals surface area contributed by atoms with Crippen molar-refractivity contribution in [2.24, 2.45) is 5.92 Å². The number of ether oxygens (including phenoxy) is 4. The third kappa shape index (κ3) is 6.78. The van der Waals surface area contributed by atoms with Crippen LogP contribution in [-0.2, 0) is 9.59 Å². The number of rotatable bonds is 13. The summed E-state index contributed by atoms with van der Waals surface area (Å²) in [6.07, 6.45) is 1.58. The number of aliphatic hydroxyl groups is 1. The predicted molar refractivity (Wildman–Crippen MR) is 157 cm³/mol. The molecular weight excluding hydrogens is 524 g/mol. The Morgan fingerprint density at radius 2 is 1.78 bits per heavy atom. The van der Waals surface area contributed by atoms with Gasteiger partial charge in [-0.3, -0.25) is 9.59 Å². The number of amides is 1. The van der Waals surface area contributed by atoms with Crippen LogP contribution in [0.4, 0.5) is 0 Å². The number of likely N-dealkylation sites (tertiary alicyclic amines) is 1. The number of carbonyl (C=O) groups is 2. The van der Waals surface area contributed by atoms with Gasteiger partial charge in [0, 0.05) is 12.1 Å². The molecule has 41 heavy (non-hydrogen) atoms. The van der Waals surface area contributed by atoms with Gasteiger partial charge in [0.25, 0.3) is 11.7 Å². The van der Waals surface area contributed by atoms with Gasteiger partial charge < -0.3 is 33.9 Å². The second-order valence-electron chi connectivity index (χ2n) is 10.7. The van der Waals surface area contributed by atoms with E-state index in [1.54, 1.807) is 42.3 Å². The number of benzene rings is 2. The van der Waals surface area contributed by atoms with Crippen LogP contribution in [0.2, 0.25) is 0 Å². The molecule has 1 N–H and O–H groups in total. The monoisotopic (exact) mass is 566 g/mol. The first-order chi connectivity index (χ1) is 19.8. The second kappa shape index (κ2) is 13.8. The summed E-state index contributed by atoms with van der Waals surface area (Å²) >= 11 is 0. The van der Waals surface area contributed by atoms with Gasteiger partial charge >= 0.3 is 0 Å². The Hall–Kier alpha value is -3.72. The van der Waals surface area contributed by atoms with E-state index >= 15 is 0 Å². The molecule has 9 nitrogen and oxygen atoms in total. The zero-order valence-corrected chi connectivity index (χ0v) is 24.8. The molecule has 0 bridgehead atoms. The van der Waals surface area contributed by atoms with Crippen molar-refractivity contribution in [3.8, 4) is 23.0 Å². The van der Waals surface area contributed by atoms with Crippen molar-refractivity contribution in [3.63, 3.8) is 0 Å². The predicted octanol–water partition coefficient (Wildman–Crippen LogP) is 5.04. The molecule has 2 aliphatic heterocycles. The average Bonchev–Trinajstić information content (AvgIpc) is 3.23. The van der Waals surface area contributed by atoms with Crippen molar-refractivity contribution >= 4 is 17.4 Å². The van der Waals surface area contributed by atoms with Gasteiger partial charge in [0.15, 0.2) is 23.0 Å². The normalized spacial score (nSPS) is 17.9. The molecule has 0 saturated carbocycles. The molecule has 1 atom stereocenters. The van der Waals surface area contributed by atoms with Crippen LogP contribution in [0.15, 0.2) is 42.0 Å². The fourth-order valence-electron chi connectivity index (χ4n) is 5.19. The van der Waals surface area contributed by atoms with Crippen molar-refractivity contribution < 1.29 is 33.6 Å². The molecule has 9 heteroatoms. The standard InChI is InChI=1S/C32H42N2O7/c1-6-33(7-2)14-8-15-34-29(22-9-11-24(26(19-22)38-5)39-16-13-21(3)4)28(31(36)32(34)37)30(35)23-10-12-25-27(20-23)41-18-17-40-25/h9-12,19-21,29,35H,6-8,13-18H2,1-5H3/t29-/m1/s1. The van der Waals surface area contributed by atoms with E-state index in [2.05, 4.69) is 32.6 Å². The average molecular weight is 567 g/mol. The van der Waals surface area contributed by atoms with Crippen LogP contribution < -0.4 is 18.9 Å². The minimum absolute atomic E-state index is 0.0325. The van der Waals surface area contributed by atoms with Gasteiger partial charge in [-0.05, 0) is 74.3 Å². The van der Waals surface area contributed by atoms with Gasteiger partial charge in [0.2, 0.25) is 0 Å². The van der Waals surface area contributed by atoms with Gasteiger partial charge in [0.05, 0.1) is 25.3 Å². The molecule has 1 amide bonds. The number of fused-ring (bicyclic) bond motifs is 1. The smallest absolute Gasteiger partial charge is 0.295 e. The molecule has 222 valence electrons. The molecular formula is C32H42N2O7. The van der Waals surface area contributed by atoms with Crippen molar-refractivity contribution in [1.82, 2.24) is 9.80 Å². The van der Waals surface area contributed by atoms with Gasteiger partial charge in [-0.15, -0.1) is 0 Å². The number of hydrogen-bond acceptors (Lipinski definition) is 8. The Bertz CT molecular complexity index is 1270. The van der Waals surface area contributed by atoms with Gasteiger partial charge in [0.1, 0.15) is 19.0 Å². The third-order valence-corrected chi connectivity index (χ3v) is 7.58. The van der Waals surface area contributed by atoms with Crippen LogP contribution in [0.3, 0.4) is 0 Å². The minimum Gasteiger partial charge on any atom is -0.507 e. The molecule has 4 rings (SSSR count). The molecule has 2 aromatic rings. The maximum absolute atomic E-state index is 13.5. The summed E-state index contributed by atoms with van der Waals surface area (Å²) in [5.74, 6) is 1.02.